The summed E-state index contributed by atoms with van der Waals surface area (Å²) in [5.74, 6) is -0.419. The summed E-state index contributed by atoms with van der Waals surface area (Å²) in [6.07, 6.45) is 2.19. The van der Waals surface area contributed by atoms with Crippen LogP contribution in [0.3, 0.4) is 0 Å². The van der Waals surface area contributed by atoms with Crippen molar-refractivity contribution in [3.8, 4) is 0 Å². The smallest absolute Gasteiger partial charge is 0.250 e. The predicted octanol–water partition coefficient (Wildman–Crippen LogP) is 0.898. The molecule has 0 radical (unpaired) electrons. The Hall–Kier alpha value is -1.75. The van der Waals surface area contributed by atoms with E-state index in [0.717, 1.165) is 31.6 Å². The molecular weight excluding hydrogens is 240 g/mol. The van der Waals surface area contributed by atoms with Crippen molar-refractivity contribution in [3.05, 3.63) is 23.8 Å². The van der Waals surface area contributed by atoms with Gasteiger partial charge in [0.05, 0.1) is 5.56 Å². The number of nitrogen functional groups attached to an aromatic ring is 1. The maximum Gasteiger partial charge on any atom is 0.250 e. The summed E-state index contributed by atoms with van der Waals surface area (Å²) in [7, 11) is 4.22. The predicted molar refractivity (Wildman–Crippen MR) is 78.3 cm³/mol. The van der Waals surface area contributed by atoms with Gasteiger partial charge in [0.1, 0.15) is 0 Å². The molecule has 0 spiro atoms. The molecule has 1 aliphatic heterocycles. The van der Waals surface area contributed by atoms with Gasteiger partial charge >= 0.3 is 0 Å². The summed E-state index contributed by atoms with van der Waals surface area (Å²) in [5.41, 5.74) is 13.1. The Labute approximate surface area is 114 Å². The van der Waals surface area contributed by atoms with E-state index in [4.69, 9.17) is 11.5 Å². The normalized spacial score (nSPS) is 16.9. The monoisotopic (exact) mass is 262 g/mol. The van der Waals surface area contributed by atoms with Crippen molar-refractivity contribution in [1.29, 1.82) is 0 Å². The lowest BCUT2D eigenvalue weighted by molar-refractivity contribution is 0.100. The molecule has 0 unspecified atom stereocenters. The molecular formula is C14H22N4O. The first-order valence-electron chi connectivity index (χ1n) is 6.59. The van der Waals surface area contributed by atoms with E-state index in [1.807, 2.05) is 12.1 Å². The first-order chi connectivity index (χ1) is 8.99. The summed E-state index contributed by atoms with van der Waals surface area (Å²) >= 11 is 0. The second-order valence-electron chi connectivity index (χ2n) is 5.32. The molecule has 5 heteroatoms. The number of piperidine rings is 1. The Morgan fingerprint density at radius 3 is 2.47 bits per heavy atom. The zero-order valence-corrected chi connectivity index (χ0v) is 11.6. The van der Waals surface area contributed by atoms with E-state index in [1.165, 1.54) is 0 Å². The lowest BCUT2D eigenvalue weighted by atomic mass is 10.0. The average Bonchev–Trinajstić information content (AvgIpc) is 2.38. The van der Waals surface area contributed by atoms with Crippen LogP contribution in [-0.4, -0.2) is 44.0 Å². The largest absolute Gasteiger partial charge is 0.399 e. The number of amides is 1. The first kappa shape index (κ1) is 13.7. The third kappa shape index (κ3) is 2.98. The van der Waals surface area contributed by atoms with Crippen LogP contribution in [0.1, 0.15) is 23.2 Å². The van der Waals surface area contributed by atoms with E-state index in [9.17, 15) is 4.79 Å². The highest BCUT2D eigenvalue weighted by atomic mass is 16.1. The molecule has 1 amide bonds. The van der Waals surface area contributed by atoms with Gasteiger partial charge in [-0.3, -0.25) is 4.79 Å². The van der Waals surface area contributed by atoms with Crippen molar-refractivity contribution in [2.75, 3.05) is 37.8 Å². The lowest BCUT2D eigenvalue weighted by Crippen LogP contribution is -2.42. The Bertz CT molecular complexity index is 465. The van der Waals surface area contributed by atoms with Gasteiger partial charge in [0.2, 0.25) is 0 Å². The third-order valence-electron chi connectivity index (χ3n) is 3.82. The van der Waals surface area contributed by atoms with E-state index in [0.29, 0.717) is 17.3 Å². The zero-order valence-electron chi connectivity index (χ0n) is 11.6. The Balaban J connectivity index is 2.17. The highest BCUT2D eigenvalue weighted by Gasteiger charge is 2.23. The molecule has 1 heterocycles. The van der Waals surface area contributed by atoms with Crippen LogP contribution in [0.2, 0.25) is 0 Å². The Kier molecular flexibility index (Phi) is 3.95. The number of hydrogen-bond acceptors (Lipinski definition) is 4. The second kappa shape index (κ2) is 5.48. The summed E-state index contributed by atoms with van der Waals surface area (Å²) < 4.78 is 0. The van der Waals surface area contributed by atoms with Crippen molar-refractivity contribution in [3.63, 3.8) is 0 Å². The number of nitrogens with two attached hydrogens (primary N) is 2. The number of benzene rings is 1. The molecule has 2 rings (SSSR count). The van der Waals surface area contributed by atoms with E-state index in [2.05, 4.69) is 23.9 Å². The maximum absolute atomic E-state index is 11.5. The van der Waals surface area contributed by atoms with Gasteiger partial charge in [-0.1, -0.05) is 0 Å². The fraction of sp³-hybridized carbons (Fsp3) is 0.500. The molecule has 5 nitrogen and oxygen atoms in total. The summed E-state index contributed by atoms with van der Waals surface area (Å²) in [5, 5.41) is 0. The molecule has 0 saturated carbocycles. The van der Waals surface area contributed by atoms with Gasteiger partial charge in [0.25, 0.3) is 5.91 Å². The van der Waals surface area contributed by atoms with Gasteiger partial charge in [-0.25, -0.2) is 0 Å². The molecule has 4 N–H and O–H groups in total. The van der Waals surface area contributed by atoms with Gasteiger partial charge in [0.15, 0.2) is 0 Å². The van der Waals surface area contributed by atoms with Gasteiger partial charge in [-0.05, 0) is 45.1 Å². The average molecular weight is 262 g/mol. The molecule has 104 valence electrons. The SMILES string of the molecule is CN(C)C1CCN(c2ccc(N)cc2C(N)=O)CC1. The van der Waals surface area contributed by atoms with Crippen molar-refractivity contribution in [1.82, 2.24) is 4.90 Å². The molecule has 0 aliphatic carbocycles. The van der Waals surface area contributed by atoms with Gasteiger partial charge in [-0.15, -0.1) is 0 Å². The van der Waals surface area contributed by atoms with Crippen molar-refractivity contribution < 1.29 is 4.79 Å². The van der Waals surface area contributed by atoms with E-state index >= 15 is 0 Å². The summed E-state index contributed by atoms with van der Waals surface area (Å²) in [4.78, 5) is 16.0. The maximum atomic E-state index is 11.5. The van der Waals surface area contributed by atoms with Gasteiger partial charge < -0.3 is 21.3 Å². The molecule has 1 saturated heterocycles. The minimum Gasteiger partial charge on any atom is -0.399 e. The standard InChI is InChI=1S/C14H22N4O/c1-17(2)11-5-7-18(8-6-11)13-4-3-10(15)9-12(13)14(16)19/h3-4,9,11H,5-8,15H2,1-2H3,(H2,16,19). The van der Waals surface area contributed by atoms with Crippen molar-refractivity contribution >= 4 is 17.3 Å². The van der Waals surface area contributed by atoms with Crippen molar-refractivity contribution in [2.45, 2.75) is 18.9 Å². The van der Waals surface area contributed by atoms with E-state index < -0.39 is 5.91 Å². The highest BCUT2D eigenvalue weighted by Crippen LogP contribution is 2.26. The fourth-order valence-electron chi connectivity index (χ4n) is 2.65. The van der Waals surface area contributed by atoms with Crippen LogP contribution < -0.4 is 16.4 Å². The topological polar surface area (TPSA) is 75.6 Å². The molecule has 0 bridgehead atoms. The van der Waals surface area contributed by atoms with Crippen LogP contribution >= 0.6 is 0 Å². The third-order valence-corrected chi connectivity index (χ3v) is 3.82. The number of anilines is 2. The molecule has 0 aromatic heterocycles. The molecule has 1 aromatic rings. The molecule has 19 heavy (non-hydrogen) atoms. The number of hydrogen-bond donors (Lipinski definition) is 2. The van der Waals surface area contributed by atoms with Crippen LogP contribution in [0.15, 0.2) is 18.2 Å². The minimum atomic E-state index is -0.419. The number of carbonyl (C=O) groups excluding carboxylic acids is 1. The fourth-order valence-corrected chi connectivity index (χ4v) is 2.65. The second-order valence-corrected chi connectivity index (χ2v) is 5.32. The number of primary amides is 1. The number of nitrogens with zero attached hydrogens (tertiary/aromatic N) is 2. The van der Waals surface area contributed by atoms with Crippen LogP contribution in [0.25, 0.3) is 0 Å². The number of carbonyl (C=O) groups is 1. The number of rotatable bonds is 3. The van der Waals surface area contributed by atoms with Crippen LogP contribution in [0.4, 0.5) is 11.4 Å². The first-order valence-corrected chi connectivity index (χ1v) is 6.59. The van der Waals surface area contributed by atoms with E-state index in [1.54, 1.807) is 6.07 Å². The van der Waals surface area contributed by atoms with E-state index in [-0.39, 0.29) is 0 Å². The molecule has 1 fully saturated rings. The van der Waals surface area contributed by atoms with Crippen LogP contribution in [0.5, 0.6) is 0 Å². The van der Waals surface area contributed by atoms with Gasteiger partial charge in [0, 0.05) is 30.5 Å². The highest BCUT2D eigenvalue weighted by molar-refractivity contribution is 5.99. The molecule has 1 aliphatic rings. The zero-order chi connectivity index (χ0) is 14.0. The Morgan fingerprint density at radius 1 is 1.32 bits per heavy atom. The molecule has 0 atom stereocenters. The quantitative estimate of drug-likeness (QED) is 0.794. The summed E-state index contributed by atoms with van der Waals surface area (Å²) in [6.45, 7) is 1.88. The van der Waals surface area contributed by atoms with Gasteiger partial charge in [-0.2, -0.15) is 0 Å². The van der Waals surface area contributed by atoms with Crippen LogP contribution in [-0.2, 0) is 0 Å². The van der Waals surface area contributed by atoms with Crippen molar-refractivity contribution in [2.24, 2.45) is 5.73 Å². The molecule has 1 aromatic carbocycles. The minimum absolute atomic E-state index is 0.419. The Morgan fingerprint density at radius 2 is 1.95 bits per heavy atom. The lowest BCUT2D eigenvalue weighted by Gasteiger charge is -2.37. The van der Waals surface area contributed by atoms with Crippen LogP contribution in [0, 0.1) is 0 Å². The summed E-state index contributed by atoms with van der Waals surface area (Å²) in [6, 6.07) is 5.99.